The molecule has 0 atom stereocenters. The molecule has 0 aromatic rings. The van der Waals surface area contributed by atoms with Gasteiger partial charge in [0.25, 0.3) is 0 Å². The minimum absolute atomic E-state index is 0.802. The highest BCUT2D eigenvalue weighted by atomic mass is 35.5. The number of alkyl halides is 3. The first-order chi connectivity index (χ1) is 12.7. The summed E-state index contributed by atoms with van der Waals surface area (Å²) in [5.41, 5.74) is 0. The minimum Gasteiger partial charge on any atom is -0.417 e. The van der Waals surface area contributed by atoms with E-state index in [1.165, 1.54) is 75.9 Å². The van der Waals surface area contributed by atoms with Crippen molar-refractivity contribution in [1.82, 2.24) is 0 Å². The van der Waals surface area contributed by atoms with Crippen LogP contribution in [0.25, 0.3) is 0 Å². The highest BCUT2D eigenvalue weighted by Gasteiger charge is 2.33. The molecule has 0 rings (SSSR count). The van der Waals surface area contributed by atoms with Crippen LogP contribution in [-0.2, 0) is 4.43 Å². The molecule has 0 aromatic heterocycles. The predicted molar refractivity (Wildman–Crippen MR) is 124 cm³/mol. The van der Waals surface area contributed by atoms with E-state index in [9.17, 15) is 0 Å². The fraction of sp³-hybridized carbons (Fsp3) is 1.00. The molecule has 0 aromatic carbocycles. The fourth-order valence-corrected chi connectivity index (χ4v) is 8.67. The first-order valence-corrected chi connectivity index (χ1v) is 15.2. The Morgan fingerprint density at radius 2 is 0.885 bits per heavy atom. The Kier molecular flexibility index (Phi) is 21.6. The Morgan fingerprint density at radius 1 is 0.538 bits per heavy atom. The van der Waals surface area contributed by atoms with Crippen molar-refractivity contribution in [2.45, 2.75) is 109 Å². The lowest BCUT2D eigenvalue weighted by Crippen LogP contribution is -2.38. The van der Waals surface area contributed by atoms with Crippen LogP contribution in [0, 0.1) is 0 Å². The van der Waals surface area contributed by atoms with Crippen LogP contribution in [0.2, 0.25) is 18.1 Å². The van der Waals surface area contributed by atoms with Crippen molar-refractivity contribution in [3.05, 3.63) is 0 Å². The molecular formula is C21H43Cl3OSi. The Balaban J connectivity index is 4.52. The van der Waals surface area contributed by atoms with Crippen LogP contribution in [0.1, 0.15) is 90.4 Å². The first-order valence-electron chi connectivity index (χ1n) is 11.1. The molecule has 0 aliphatic heterocycles. The average Bonchev–Trinajstić information content (AvgIpc) is 2.65. The number of halogens is 3. The molecule has 26 heavy (non-hydrogen) atoms. The lowest BCUT2D eigenvalue weighted by Gasteiger charge is -2.32. The Labute approximate surface area is 180 Å². The van der Waals surface area contributed by atoms with Crippen molar-refractivity contribution in [3.8, 4) is 0 Å². The van der Waals surface area contributed by atoms with E-state index in [4.69, 9.17) is 39.2 Å². The van der Waals surface area contributed by atoms with E-state index < -0.39 is 8.32 Å². The van der Waals surface area contributed by atoms with Gasteiger partial charge in [-0.05, 0) is 43.8 Å². The van der Waals surface area contributed by atoms with E-state index in [0.29, 0.717) is 0 Å². The zero-order valence-corrected chi connectivity index (χ0v) is 20.5. The normalized spacial score (nSPS) is 12.0. The van der Waals surface area contributed by atoms with Crippen LogP contribution in [0.3, 0.4) is 0 Å². The summed E-state index contributed by atoms with van der Waals surface area (Å²) in [4.78, 5) is 0. The third-order valence-electron chi connectivity index (χ3n) is 5.16. The van der Waals surface area contributed by atoms with E-state index >= 15 is 0 Å². The van der Waals surface area contributed by atoms with Gasteiger partial charge in [0.05, 0.1) is 0 Å². The molecular weight excluding hydrogens is 403 g/mol. The zero-order valence-electron chi connectivity index (χ0n) is 17.2. The average molecular weight is 446 g/mol. The molecule has 0 unspecified atom stereocenters. The lowest BCUT2D eigenvalue weighted by molar-refractivity contribution is 0.292. The Bertz CT molecular complexity index is 244. The van der Waals surface area contributed by atoms with Crippen molar-refractivity contribution < 1.29 is 4.43 Å². The maximum absolute atomic E-state index is 6.66. The minimum atomic E-state index is -1.60. The summed E-state index contributed by atoms with van der Waals surface area (Å²) in [6.45, 7) is 3.19. The highest BCUT2D eigenvalue weighted by Crippen LogP contribution is 2.31. The van der Waals surface area contributed by atoms with Crippen LogP contribution in [0.15, 0.2) is 0 Å². The number of hydrogen-bond acceptors (Lipinski definition) is 1. The summed E-state index contributed by atoms with van der Waals surface area (Å²) in [6, 6.07) is 4.04. The second kappa shape index (κ2) is 20.8. The summed E-state index contributed by atoms with van der Waals surface area (Å²) in [7, 11) is -1.60. The molecule has 0 aliphatic carbocycles. The maximum Gasteiger partial charge on any atom is 0.192 e. The van der Waals surface area contributed by atoms with Crippen molar-refractivity contribution in [1.29, 1.82) is 0 Å². The lowest BCUT2D eigenvalue weighted by atomic mass is 10.2. The number of unbranched alkanes of at least 4 members (excludes halogenated alkanes) is 9. The summed E-state index contributed by atoms with van der Waals surface area (Å²) < 4.78 is 6.66. The SMILES string of the molecule is CCCO[Si](CCCCCCCl)(CCCCCCCl)CCCCCCCl. The molecule has 0 N–H and O–H groups in total. The monoisotopic (exact) mass is 444 g/mol. The topological polar surface area (TPSA) is 9.23 Å². The Morgan fingerprint density at radius 3 is 1.19 bits per heavy atom. The third-order valence-corrected chi connectivity index (χ3v) is 10.6. The maximum atomic E-state index is 6.66. The van der Waals surface area contributed by atoms with E-state index in [1.807, 2.05) is 0 Å². The molecule has 0 saturated carbocycles. The van der Waals surface area contributed by atoms with E-state index in [-0.39, 0.29) is 0 Å². The summed E-state index contributed by atoms with van der Waals surface area (Å²) in [5.74, 6) is 2.40. The van der Waals surface area contributed by atoms with Gasteiger partial charge in [0, 0.05) is 24.2 Å². The first kappa shape index (κ1) is 27.0. The molecule has 0 spiro atoms. The second-order valence-electron chi connectivity index (χ2n) is 7.59. The van der Waals surface area contributed by atoms with Crippen molar-refractivity contribution in [2.75, 3.05) is 24.2 Å². The smallest absolute Gasteiger partial charge is 0.192 e. The molecule has 0 amide bonds. The fourth-order valence-electron chi connectivity index (χ4n) is 3.60. The van der Waals surface area contributed by atoms with Crippen LogP contribution >= 0.6 is 34.8 Å². The molecule has 0 fully saturated rings. The van der Waals surface area contributed by atoms with Gasteiger partial charge in [-0.25, -0.2) is 0 Å². The Hall–Kier alpha value is 1.05. The van der Waals surface area contributed by atoms with E-state index in [2.05, 4.69) is 6.92 Å². The van der Waals surface area contributed by atoms with Crippen LogP contribution in [0.5, 0.6) is 0 Å². The van der Waals surface area contributed by atoms with Gasteiger partial charge in [-0.15, -0.1) is 34.8 Å². The summed E-state index contributed by atoms with van der Waals surface area (Å²) in [5, 5.41) is 0. The van der Waals surface area contributed by atoms with Crippen molar-refractivity contribution in [3.63, 3.8) is 0 Å². The molecule has 0 radical (unpaired) electrons. The number of rotatable bonds is 21. The second-order valence-corrected chi connectivity index (χ2v) is 12.9. The van der Waals surface area contributed by atoms with Crippen molar-refractivity contribution in [2.24, 2.45) is 0 Å². The highest BCUT2D eigenvalue weighted by molar-refractivity contribution is 6.73. The quantitative estimate of drug-likeness (QED) is 0.0974. The number of hydrogen-bond donors (Lipinski definition) is 0. The molecule has 5 heteroatoms. The van der Waals surface area contributed by atoms with Crippen molar-refractivity contribution >= 4 is 43.1 Å². The standard InChI is InChI=1S/C21H43Cl3OSi/c1-2-18-25-26(19-12-6-3-9-15-22,20-13-7-4-10-16-23)21-14-8-5-11-17-24/h2-21H2,1H3. The van der Waals surface area contributed by atoms with Gasteiger partial charge in [0.2, 0.25) is 0 Å². The van der Waals surface area contributed by atoms with E-state index in [0.717, 1.165) is 49.9 Å². The third kappa shape index (κ3) is 16.0. The summed E-state index contributed by atoms with van der Waals surface area (Å²) >= 11 is 17.5. The molecule has 0 aliphatic rings. The van der Waals surface area contributed by atoms with Gasteiger partial charge in [-0.2, -0.15) is 0 Å². The molecule has 0 saturated heterocycles. The van der Waals surface area contributed by atoms with Gasteiger partial charge >= 0.3 is 0 Å². The van der Waals surface area contributed by atoms with Gasteiger partial charge in [0.1, 0.15) is 0 Å². The molecule has 0 bridgehead atoms. The van der Waals surface area contributed by atoms with Crippen LogP contribution < -0.4 is 0 Å². The zero-order chi connectivity index (χ0) is 19.3. The summed E-state index contributed by atoms with van der Waals surface area (Å²) in [6.07, 6.45) is 16.4. The van der Waals surface area contributed by atoms with Gasteiger partial charge in [0.15, 0.2) is 8.32 Å². The molecule has 158 valence electrons. The van der Waals surface area contributed by atoms with Gasteiger partial charge < -0.3 is 4.43 Å². The van der Waals surface area contributed by atoms with Gasteiger partial charge in [-0.3, -0.25) is 0 Å². The van der Waals surface area contributed by atoms with Crippen LogP contribution in [-0.4, -0.2) is 32.6 Å². The van der Waals surface area contributed by atoms with Crippen LogP contribution in [0.4, 0.5) is 0 Å². The largest absolute Gasteiger partial charge is 0.417 e. The molecule has 1 nitrogen and oxygen atoms in total. The molecule has 0 heterocycles. The van der Waals surface area contributed by atoms with E-state index in [1.54, 1.807) is 0 Å². The van der Waals surface area contributed by atoms with Gasteiger partial charge in [-0.1, -0.05) is 64.7 Å². The predicted octanol–water partition coefficient (Wildman–Crippen LogP) is 8.76.